The first-order chi connectivity index (χ1) is 21.8. The van der Waals surface area contributed by atoms with Gasteiger partial charge in [-0.3, -0.25) is 45.3 Å². The van der Waals surface area contributed by atoms with Gasteiger partial charge in [-0.2, -0.15) is 0 Å². The summed E-state index contributed by atoms with van der Waals surface area (Å²) in [4.78, 5) is 63.5. The van der Waals surface area contributed by atoms with Crippen LogP contribution in [0.4, 0.5) is 27.5 Å². The van der Waals surface area contributed by atoms with Gasteiger partial charge in [0.25, 0.3) is 22.7 Å². The summed E-state index contributed by atoms with van der Waals surface area (Å²) < 4.78 is 14.4. The number of carbonyl (C=O) groups excluding carboxylic acids is 2. The molecule has 1 N–H and O–H groups in total. The molecule has 0 amide bonds. The number of ether oxygens (including phenoxy) is 3. The fraction of sp³-hybridized carbons (Fsp3) is 0.462. The van der Waals surface area contributed by atoms with E-state index in [0.717, 1.165) is 41.7 Å². The molecule has 18 nitrogen and oxygen atoms in total. The van der Waals surface area contributed by atoms with Crippen LogP contribution in [-0.2, 0) is 19.0 Å². The van der Waals surface area contributed by atoms with E-state index < -0.39 is 42.9 Å². The van der Waals surface area contributed by atoms with Crippen molar-refractivity contribution in [3.8, 4) is 0 Å². The third kappa shape index (κ3) is 13.2. The molecular formula is C26H34N4O14S2. The maximum atomic E-state index is 12.0. The lowest BCUT2D eigenvalue weighted by Crippen LogP contribution is -2.44. The van der Waals surface area contributed by atoms with E-state index >= 15 is 0 Å². The number of benzene rings is 2. The molecule has 20 heteroatoms. The predicted molar refractivity (Wildman–Crippen MR) is 167 cm³/mol. The lowest BCUT2D eigenvalue weighted by molar-refractivity contribution is -0.396. The number of nitro groups is 4. The second-order valence-electron chi connectivity index (χ2n) is 8.28. The molecule has 0 aromatic heterocycles. The first kappa shape index (κ1) is 41.4. The second kappa shape index (κ2) is 21.2. The number of non-ortho nitro benzene ring substituents is 2. The number of hydrogen-bond donors (Lipinski definition) is 1. The van der Waals surface area contributed by atoms with Gasteiger partial charge in [0.05, 0.1) is 48.2 Å². The molecule has 2 aromatic carbocycles. The van der Waals surface area contributed by atoms with Crippen molar-refractivity contribution in [2.75, 3.05) is 37.9 Å². The highest BCUT2D eigenvalue weighted by atomic mass is 32.2. The van der Waals surface area contributed by atoms with Crippen LogP contribution in [0.2, 0.25) is 0 Å². The number of esters is 1. The third-order valence-corrected chi connectivity index (χ3v) is 7.20. The van der Waals surface area contributed by atoms with Crippen molar-refractivity contribution in [1.29, 1.82) is 0 Å². The van der Waals surface area contributed by atoms with Gasteiger partial charge in [0, 0.05) is 23.6 Å². The van der Waals surface area contributed by atoms with Crippen LogP contribution < -0.4 is 0 Å². The van der Waals surface area contributed by atoms with Crippen LogP contribution in [-0.4, -0.2) is 74.9 Å². The van der Waals surface area contributed by atoms with Gasteiger partial charge in [0.15, 0.2) is 0 Å². The molecule has 0 saturated carbocycles. The summed E-state index contributed by atoms with van der Waals surface area (Å²) in [5, 5.41) is 51.4. The highest BCUT2D eigenvalue weighted by Crippen LogP contribution is 2.33. The number of thioether (sulfide) groups is 2. The Morgan fingerprint density at radius 1 is 0.804 bits per heavy atom. The summed E-state index contributed by atoms with van der Waals surface area (Å²) in [6, 6.07) is 6.75. The molecule has 0 aliphatic carbocycles. The van der Waals surface area contributed by atoms with Crippen molar-refractivity contribution in [2.45, 2.75) is 44.4 Å². The Morgan fingerprint density at radius 3 is 1.59 bits per heavy atom. The summed E-state index contributed by atoms with van der Waals surface area (Å²) in [5.41, 5.74) is -2.52. The lowest BCUT2D eigenvalue weighted by Gasteiger charge is -2.29. The molecule has 0 spiro atoms. The van der Waals surface area contributed by atoms with Gasteiger partial charge in [-0.15, -0.1) is 23.5 Å². The Kier molecular flexibility index (Phi) is 19.1. The molecule has 1 heterocycles. The van der Waals surface area contributed by atoms with E-state index in [-0.39, 0.29) is 54.1 Å². The zero-order valence-electron chi connectivity index (χ0n) is 25.6. The van der Waals surface area contributed by atoms with Crippen molar-refractivity contribution in [3.63, 3.8) is 0 Å². The smallest absolute Gasteiger partial charge is 0.464 e. The number of nitrogens with zero attached hydrogens (tertiary/aromatic N) is 4. The number of carbonyl (C=O) groups is 2. The SMILES string of the molecule is CC.CC.CC1(C(=O)OCCSc2ccc([N+](=O)[O-])cc2[N+](=O)[O-])COC(=O)OC1.O=[N+]([O-])c1ccc(SCCO)c([N+](=O)[O-])c1. The fourth-order valence-corrected chi connectivity index (χ4v) is 4.61. The third-order valence-electron chi connectivity index (χ3n) is 5.13. The number of nitro benzene ring substituents is 4. The van der Waals surface area contributed by atoms with Crippen molar-refractivity contribution in [3.05, 3.63) is 76.9 Å². The predicted octanol–water partition coefficient (Wildman–Crippen LogP) is 5.95. The van der Waals surface area contributed by atoms with Gasteiger partial charge < -0.3 is 19.3 Å². The molecule has 3 rings (SSSR count). The molecule has 2 aromatic rings. The summed E-state index contributed by atoms with van der Waals surface area (Å²) >= 11 is 2.11. The topological polar surface area (TPSA) is 255 Å². The van der Waals surface area contributed by atoms with Gasteiger partial charge in [-0.05, 0) is 19.1 Å². The van der Waals surface area contributed by atoms with Crippen LogP contribution in [0.1, 0.15) is 34.6 Å². The molecule has 0 atom stereocenters. The van der Waals surface area contributed by atoms with E-state index in [2.05, 4.69) is 9.47 Å². The number of aliphatic hydroxyl groups excluding tert-OH is 1. The minimum Gasteiger partial charge on any atom is -0.464 e. The van der Waals surface area contributed by atoms with Crippen molar-refractivity contribution >= 4 is 58.4 Å². The summed E-state index contributed by atoms with van der Waals surface area (Å²) in [7, 11) is 0. The Balaban J connectivity index is 0.000000868. The van der Waals surface area contributed by atoms with E-state index in [4.69, 9.17) is 9.84 Å². The Hall–Kier alpha value is -4.56. The molecule has 1 fully saturated rings. The quantitative estimate of drug-likeness (QED) is 0.0886. The van der Waals surface area contributed by atoms with Crippen molar-refractivity contribution < 1.29 is 48.6 Å². The van der Waals surface area contributed by atoms with E-state index in [1.807, 2.05) is 27.7 Å². The van der Waals surface area contributed by atoms with Crippen molar-refractivity contribution in [2.24, 2.45) is 5.41 Å². The van der Waals surface area contributed by atoms with Crippen LogP contribution in [0.3, 0.4) is 0 Å². The minimum atomic E-state index is -1.11. The van der Waals surface area contributed by atoms with E-state index in [0.29, 0.717) is 10.6 Å². The number of hydrogen-bond acceptors (Lipinski definition) is 16. The molecule has 0 bridgehead atoms. The van der Waals surface area contributed by atoms with Gasteiger partial charge in [-0.1, -0.05) is 27.7 Å². The van der Waals surface area contributed by atoms with Crippen LogP contribution in [0, 0.1) is 45.9 Å². The highest BCUT2D eigenvalue weighted by molar-refractivity contribution is 7.99. The Morgan fingerprint density at radius 2 is 1.22 bits per heavy atom. The van der Waals surface area contributed by atoms with Gasteiger partial charge in [0.1, 0.15) is 25.2 Å². The largest absolute Gasteiger partial charge is 0.508 e. The molecular weight excluding hydrogens is 656 g/mol. The fourth-order valence-electron chi connectivity index (χ4n) is 3.02. The first-order valence-electron chi connectivity index (χ1n) is 13.5. The standard InChI is InChI=1S/C14H14N2O9S.C8H8N2O5S.2C2H6/c1-14(7-24-13(18)25-8-14)12(17)23-4-5-26-11-3-2-9(15(19)20)6-10(11)16(21)22;11-3-4-16-8-2-1-6(9(12)13)5-7(8)10(14)15;2*1-2/h2-3,6H,4-5,7-8H2,1H3;1-2,5,11H,3-4H2;2*1-2H3. The molecule has 1 aliphatic heterocycles. The first-order valence-corrected chi connectivity index (χ1v) is 15.4. The average Bonchev–Trinajstić information content (AvgIpc) is 3.05. The lowest BCUT2D eigenvalue weighted by atomic mass is 9.93. The molecule has 0 unspecified atom stereocenters. The maximum Gasteiger partial charge on any atom is 0.508 e. The molecule has 46 heavy (non-hydrogen) atoms. The Bertz CT molecular complexity index is 1370. The normalized spacial score (nSPS) is 12.5. The number of aliphatic hydroxyl groups is 1. The van der Waals surface area contributed by atoms with E-state index in [1.54, 1.807) is 0 Å². The van der Waals surface area contributed by atoms with Crippen LogP contribution in [0.25, 0.3) is 0 Å². The zero-order valence-corrected chi connectivity index (χ0v) is 27.2. The van der Waals surface area contributed by atoms with Gasteiger partial charge >= 0.3 is 12.1 Å². The average molecular weight is 691 g/mol. The van der Waals surface area contributed by atoms with Gasteiger partial charge in [-0.25, -0.2) is 4.79 Å². The maximum absolute atomic E-state index is 12.0. The minimum absolute atomic E-state index is 0.0544. The van der Waals surface area contributed by atoms with E-state index in [1.165, 1.54) is 25.1 Å². The summed E-state index contributed by atoms with van der Waals surface area (Å²) in [6.07, 6.45) is -0.851. The molecule has 254 valence electrons. The number of cyclic esters (lactones) is 2. The summed E-state index contributed by atoms with van der Waals surface area (Å²) in [6.45, 7) is 9.04. The monoisotopic (exact) mass is 690 g/mol. The summed E-state index contributed by atoms with van der Waals surface area (Å²) in [5.74, 6) is -0.122. The van der Waals surface area contributed by atoms with Crippen molar-refractivity contribution in [1.82, 2.24) is 0 Å². The van der Waals surface area contributed by atoms with Crippen LogP contribution in [0.15, 0.2) is 46.2 Å². The van der Waals surface area contributed by atoms with E-state index in [9.17, 15) is 50.0 Å². The van der Waals surface area contributed by atoms with Crippen LogP contribution in [0.5, 0.6) is 0 Å². The molecule has 1 saturated heterocycles. The second-order valence-corrected chi connectivity index (χ2v) is 10.6. The highest BCUT2D eigenvalue weighted by Gasteiger charge is 2.41. The van der Waals surface area contributed by atoms with Gasteiger partial charge in [0.2, 0.25) is 0 Å². The molecule has 0 radical (unpaired) electrons. The molecule has 1 aliphatic rings. The Labute approximate surface area is 271 Å². The number of rotatable bonds is 12. The van der Waals surface area contributed by atoms with Crippen LogP contribution >= 0.6 is 23.5 Å². The zero-order chi connectivity index (χ0) is 35.4.